The molecule has 0 spiro atoms. The summed E-state index contributed by atoms with van der Waals surface area (Å²) in [6.45, 7) is 10.00. The van der Waals surface area contributed by atoms with Crippen molar-refractivity contribution in [2.75, 3.05) is 26.2 Å². The Kier molecular flexibility index (Phi) is 4.04. The predicted octanol–water partition coefficient (Wildman–Crippen LogP) is 2.11. The molecule has 1 N–H and O–H groups in total. The first-order chi connectivity index (χ1) is 7.25. The van der Waals surface area contributed by atoms with Gasteiger partial charge < -0.3 is 10.2 Å². The molecule has 0 aromatic rings. The highest BCUT2D eigenvalue weighted by molar-refractivity contribution is 4.81. The molecular weight excluding hydrogens is 184 g/mol. The zero-order valence-electron chi connectivity index (χ0n) is 10.3. The monoisotopic (exact) mass is 210 g/mol. The van der Waals surface area contributed by atoms with Crippen molar-refractivity contribution in [3.63, 3.8) is 0 Å². The van der Waals surface area contributed by atoms with E-state index < -0.39 is 0 Å². The highest BCUT2D eigenvalue weighted by Gasteiger charge is 2.25. The maximum absolute atomic E-state index is 3.58. The van der Waals surface area contributed by atoms with Gasteiger partial charge in [-0.15, -0.1) is 0 Å². The molecule has 2 aliphatic rings. The molecule has 0 amide bonds. The summed E-state index contributed by atoms with van der Waals surface area (Å²) in [4.78, 5) is 2.65. The second-order valence-corrected chi connectivity index (χ2v) is 5.65. The SMILES string of the molecule is CC1CN(CCCCNC2CC2)CC1C. The first-order valence-electron chi connectivity index (χ1n) is 6.71. The number of unbranched alkanes of at least 4 members (excludes halogenated alkanes) is 1. The summed E-state index contributed by atoms with van der Waals surface area (Å²) in [5.41, 5.74) is 0. The van der Waals surface area contributed by atoms with Crippen molar-refractivity contribution in [1.82, 2.24) is 10.2 Å². The lowest BCUT2D eigenvalue weighted by Crippen LogP contribution is -2.24. The molecule has 2 nitrogen and oxygen atoms in total. The van der Waals surface area contributed by atoms with Crippen molar-refractivity contribution in [1.29, 1.82) is 0 Å². The highest BCUT2D eigenvalue weighted by atomic mass is 15.1. The fourth-order valence-corrected chi connectivity index (χ4v) is 2.49. The highest BCUT2D eigenvalue weighted by Crippen LogP contribution is 2.22. The molecule has 88 valence electrons. The molecule has 0 aromatic heterocycles. The van der Waals surface area contributed by atoms with E-state index in [1.54, 1.807) is 0 Å². The number of rotatable bonds is 6. The van der Waals surface area contributed by atoms with Gasteiger partial charge in [0.05, 0.1) is 0 Å². The first-order valence-corrected chi connectivity index (χ1v) is 6.71. The maximum Gasteiger partial charge on any atom is 0.00682 e. The van der Waals surface area contributed by atoms with E-state index in [9.17, 15) is 0 Å². The van der Waals surface area contributed by atoms with Gasteiger partial charge in [0.2, 0.25) is 0 Å². The zero-order chi connectivity index (χ0) is 10.7. The average Bonchev–Trinajstić information content (AvgIpc) is 2.95. The summed E-state index contributed by atoms with van der Waals surface area (Å²) < 4.78 is 0. The molecule has 0 aromatic carbocycles. The quantitative estimate of drug-likeness (QED) is 0.676. The van der Waals surface area contributed by atoms with Crippen LogP contribution < -0.4 is 5.32 Å². The lowest BCUT2D eigenvalue weighted by atomic mass is 10.0. The number of nitrogens with zero attached hydrogens (tertiary/aromatic N) is 1. The Morgan fingerprint density at radius 1 is 1.07 bits per heavy atom. The summed E-state index contributed by atoms with van der Waals surface area (Å²) in [6, 6.07) is 0.886. The van der Waals surface area contributed by atoms with E-state index in [2.05, 4.69) is 24.1 Å². The van der Waals surface area contributed by atoms with E-state index >= 15 is 0 Å². The lowest BCUT2D eigenvalue weighted by Gasteiger charge is -2.14. The van der Waals surface area contributed by atoms with Gasteiger partial charge in [-0.25, -0.2) is 0 Å². The Hall–Kier alpha value is -0.0800. The summed E-state index contributed by atoms with van der Waals surface area (Å²) >= 11 is 0. The number of likely N-dealkylation sites (tertiary alicyclic amines) is 1. The third-order valence-electron chi connectivity index (χ3n) is 3.98. The van der Waals surface area contributed by atoms with Gasteiger partial charge in [0.25, 0.3) is 0 Å². The molecule has 2 unspecified atom stereocenters. The van der Waals surface area contributed by atoms with E-state index in [4.69, 9.17) is 0 Å². The summed E-state index contributed by atoms with van der Waals surface area (Å²) in [5, 5.41) is 3.58. The van der Waals surface area contributed by atoms with Crippen molar-refractivity contribution in [3.8, 4) is 0 Å². The Morgan fingerprint density at radius 2 is 1.73 bits per heavy atom. The molecule has 1 saturated carbocycles. The van der Waals surface area contributed by atoms with Crippen LogP contribution in [0.5, 0.6) is 0 Å². The normalized spacial score (nSPS) is 32.4. The van der Waals surface area contributed by atoms with Crippen LogP contribution in [0.1, 0.15) is 39.5 Å². The Balaban J connectivity index is 1.47. The molecular formula is C13H26N2. The van der Waals surface area contributed by atoms with E-state index in [1.807, 2.05) is 0 Å². The van der Waals surface area contributed by atoms with Gasteiger partial charge in [0.1, 0.15) is 0 Å². The Labute approximate surface area is 94.4 Å². The Morgan fingerprint density at radius 3 is 2.33 bits per heavy atom. The molecule has 1 aliphatic heterocycles. The van der Waals surface area contributed by atoms with Crippen LogP contribution in [0.4, 0.5) is 0 Å². The second-order valence-electron chi connectivity index (χ2n) is 5.65. The molecule has 2 atom stereocenters. The zero-order valence-corrected chi connectivity index (χ0v) is 10.3. The van der Waals surface area contributed by atoms with E-state index in [-0.39, 0.29) is 0 Å². The molecule has 1 saturated heterocycles. The predicted molar refractivity (Wildman–Crippen MR) is 65.0 cm³/mol. The van der Waals surface area contributed by atoms with E-state index in [1.165, 1.54) is 51.9 Å². The van der Waals surface area contributed by atoms with Gasteiger partial charge in [0, 0.05) is 19.1 Å². The summed E-state index contributed by atoms with van der Waals surface area (Å²) in [5.74, 6) is 1.82. The van der Waals surface area contributed by atoms with Gasteiger partial charge in [-0.1, -0.05) is 13.8 Å². The molecule has 2 heteroatoms. The van der Waals surface area contributed by atoms with Gasteiger partial charge >= 0.3 is 0 Å². The number of hydrogen-bond acceptors (Lipinski definition) is 2. The van der Waals surface area contributed by atoms with Gasteiger partial charge in [-0.3, -0.25) is 0 Å². The lowest BCUT2D eigenvalue weighted by molar-refractivity contribution is 0.315. The fraction of sp³-hybridized carbons (Fsp3) is 1.00. The van der Waals surface area contributed by atoms with Crippen LogP contribution in [0, 0.1) is 11.8 Å². The molecule has 1 heterocycles. The van der Waals surface area contributed by atoms with E-state index in [0.717, 1.165) is 17.9 Å². The van der Waals surface area contributed by atoms with Crippen molar-refractivity contribution < 1.29 is 0 Å². The molecule has 1 aliphatic carbocycles. The van der Waals surface area contributed by atoms with Crippen LogP contribution in [0.25, 0.3) is 0 Å². The Bertz CT molecular complexity index is 179. The van der Waals surface area contributed by atoms with Crippen LogP contribution >= 0.6 is 0 Å². The molecule has 15 heavy (non-hydrogen) atoms. The molecule has 0 bridgehead atoms. The smallest absolute Gasteiger partial charge is 0.00682 e. The van der Waals surface area contributed by atoms with Crippen molar-refractivity contribution in [3.05, 3.63) is 0 Å². The van der Waals surface area contributed by atoms with Gasteiger partial charge in [-0.05, 0) is 50.6 Å². The largest absolute Gasteiger partial charge is 0.314 e. The maximum atomic E-state index is 3.58. The number of nitrogens with one attached hydrogen (secondary N) is 1. The minimum atomic E-state index is 0.886. The van der Waals surface area contributed by atoms with Crippen LogP contribution in [0.3, 0.4) is 0 Å². The van der Waals surface area contributed by atoms with E-state index in [0.29, 0.717) is 0 Å². The van der Waals surface area contributed by atoms with Crippen LogP contribution in [0.15, 0.2) is 0 Å². The van der Waals surface area contributed by atoms with Crippen LogP contribution in [0.2, 0.25) is 0 Å². The van der Waals surface area contributed by atoms with Gasteiger partial charge in [-0.2, -0.15) is 0 Å². The first kappa shape index (κ1) is 11.4. The minimum Gasteiger partial charge on any atom is -0.314 e. The third-order valence-corrected chi connectivity index (χ3v) is 3.98. The van der Waals surface area contributed by atoms with Crippen molar-refractivity contribution in [2.45, 2.75) is 45.6 Å². The molecule has 0 radical (unpaired) electrons. The summed E-state index contributed by atoms with van der Waals surface area (Å²) in [6.07, 6.45) is 5.57. The topological polar surface area (TPSA) is 15.3 Å². The summed E-state index contributed by atoms with van der Waals surface area (Å²) in [7, 11) is 0. The molecule has 2 fully saturated rings. The second kappa shape index (κ2) is 5.31. The standard InChI is InChI=1S/C13H26N2/c1-11-9-15(10-12(11)2)8-4-3-7-14-13-5-6-13/h11-14H,3-10H2,1-2H3. The van der Waals surface area contributed by atoms with Crippen LogP contribution in [-0.2, 0) is 0 Å². The van der Waals surface area contributed by atoms with Crippen LogP contribution in [-0.4, -0.2) is 37.1 Å². The fourth-order valence-electron chi connectivity index (χ4n) is 2.49. The number of hydrogen-bond donors (Lipinski definition) is 1. The molecule has 2 rings (SSSR count). The third kappa shape index (κ3) is 3.76. The van der Waals surface area contributed by atoms with Gasteiger partial charge in [0.15, 0.2) is 0 Å². The van der Waals surface area contributed by atoms with Crippen molar-refractivity contribution >= 4 is 0 Å². The average molecular weight is 210 g/mol. The van der Waals surface area contributed by atoms with Crippen molar-refractivity contribution in [2.24, 2.45) is 11.8 Å². The minimum absolute atomic E-state index is 0.886.